The van der Waals surface area contributed by atoms with E-state index >= 15 is 0 Å². The fourth-order valence-electron chi connectivity index (χ4n) is 1.27. The Morgan fingerprint density at radius 1 is 0.722 bits per heavy atom. The monoisotopic (exact) mass is 560 g/mol. The van der Waals surface area contributed by atoms with Crippen molar-refractivity contribution in [2.45, 2.75) is 0 Å². The molecular weight excluding hydrogens is 560 g/mol. The molecule has 2 aromatic rings. The Kier molecular flexibility index (Phi) is 5.34. The number of halogens is 5. The molecule has 0 fully saturated rings. The van der Waals surface area contributed by atoms with Gasteiger partial charge in [0.15, 0.2) is 5.75 Å². The number of hydrogen-bond donors (Lipinski definition) is 0. The van der Waals surface area contributed by atoms with E-state index in [0.29, 0.717) is 0 Å². The first-order chi connectivity index (χ1) is 8.49. The molecule has 94 valence electrons. The molecule has 6 heteroatoms. The van der Waals surface area contributed by atoms with Gasteiger partial charge in [-0.3, -0.25) is 0 Å². The van der Waals surface area contributed by atoms with Crippen molar-refractivity contribution >= 4 is 79.6 Å². The second-order valence-corrected chi connectivity index (χ2v) is 7.62. The molecule has 0 radical (unpaired) electrons. The molecule has 1 nitrogen and oxygen atoms in total. The summed E-state index contributed by atoms with van der Waals surface area (Å²) in [5.41, 5.74) is 0. The van der Waals surface area contributed by atoms with Crippen molar-refractivity contribution in [1.82, 2.24) is 0 Å². The van der Waals surface area contributed by atoms with Gasteiger partial charge < -0.3 is 4.74 Å². The van der Waals surface area contributed by atoms with Crippen molar-refractivity contribution in [1.29, 1.82) is 0 Å². The van der Waals surface area contributed by atoms with Gasteiger partial charge in [0.1, 0.15) is 5.75 Å². The predicted octanol–water partition coefficient (Wildman–Crippen LogP) is 7.29. The molecule has 2 rings (SSSR count). The predicted molar refractivity (Wildman–Crippen MR) is 91.5 cm³/mol. The molecule has 0 aliphatic rings. The first-order valence-electron chi connectivity index (χ1n) is 4.75. The first kappa shape index (κ1) is 15.0. The van der Waals surface area contributed by atoms with E-state index in [0.717, 1.165) is 33.9 Å². The molecule has 18 heavy (non-hydrogen) atoms. The molecule has 0 heterocycles. The molecule has 0 saturated heterocycles. The maximum atomic E-state index is 5.93. The van der Waals surface area contributed by atoms with E-state index in [1.165, 1.54) is 0 Å². The quantitative estimate of drug-likeness (QED) is 0.348. The van der Waals surface area contributed by atoms with Crippen LogP contribution in [0.25, 0.3) is 0 Å². The van der Waals surface area contributed by atoms with Crippen molar-refractivity contribution in [3.05, 3.63) is 52.7 Å². The molecule has 2 aromatic carbocycles. The highest BCUT2D eigenvalue weighted by atomic mass is 79.9. The fourth-order valence-corrected chi connectivity index (χ4v) is 3.35. The van der Waals surface area contributed by atoms with E-state index in [-0.39, 0.29) is 0 Å². The van der Waals surface area contributed by atoms with Gasteiger partial charge in [-0.1, -0.05) is 15.9 Å². The first-order valence-corrected chi connectivity index (χ1v) is 8.72. The lowest BCUT2D eigenvalue weighted by molar-refractivity contribution is 0.473. The highest BCUT2D eigenvalue weighted by Gasteiger charge is 2.12. The topological polar surface area (TPSA) is 9.23 Å². The van der Waals surface area contributed by atoms with Crippen molar-refractivity contribution in [2.75, 3.05) is 0 Å². The SMILES string of the molecule is Brc1ccc(Br)c(Oc2c(Br)ccc(Br)c2Br)c1. The van der Waals surface area contributed by atoms with Crippen LogP contribution in [0.5, 0.6) is 11.5 Å². The Morgan fingerprint density at radius 3 is 2.06 bits per heavy atom. The fraction of sp³-hybridized carbons (Fsp3) is 0. The van der Waals surface area contributed by atoms with Crippen LogP contribution >= 0.6 is 79.6 Å². The molecule has 0 saturated carbocycles. The zero-order valence-electron chi connectivity index (χ0n) is 8.68. The van der Waals surface area contributed by atoms with Crippen LogP contribution in [0.15, 0.2) is 52.7 Å². The lowest BCUT2D eigenvalue weighted by Crippen LogP contribution is -1.89. The highest BCUT2D eigenvalue weighted by molar-refractivity contribution is 9.13. The second-order valence-electron chi connectivity index (χ2n) is 3.35. The summed E-state index contributed by atoms with van der Waals surface area (Å²) in [6.45, 7) is 0. The zero-order valence-corrected chi connectivity index (χ0v) is 16.6. The smallest absolute Gasteiger partial charge is 0.156 e. The van der Waals surface area contributed by atoms with Gasteiger partial charge in [0.2, 0.25) is 0 Å². The normalized spacial score (nSPS) is 10.5. The summed E-state index contributed by atoms with van der Waals surface area (Å²) in [5, 5.41) is 0. The van der Waals surface area contributed by atoms with Gasteiger partial charge >= 0.3 is 0 Å². The summed E-state index contributed by atoms with van der Waals surface area (Å²) >= 11 is 17.3. The number of hydrogen-bond acceptors (Lipinski definition) is 1. The van der Waals surface area contributed by atoms with Crippen LogP contribution in [0.1, 0.15) is 0 Å². The number of ether oxygens (including phenoxy) is 1. The van der Waals surface area contributed by atoms with E-state index < -0.39 is 0 Å². The maximum absolute atomic E-state index is 5.93. The van der Waals surface area contributed by atoms with Crippen LogP contribution in [0.2, 0.25) is 0 Å². The minimum absolute atomic E-state index is 0.725. The molecule has 0 amide bonds. The molecule has 0 aliphatic heterocycles. The molecule has 0 bridgehead atoms. The van der Waals surface area contributed by atoms with E-state index in [1.54, 1.807) is 0 Å². The standard InChI is InChI=1S/C12H5Br5O/c13-6-1-2-7(14)10(5-6)18-12-9(16)4-3-8(15)11(12)17/h1-5H. The lowest BCUT2D eigenvalue weighted by atomic mass is 10.3. The van der Waals surface area contributed by atoms with Crippen LogP contribution in [0.3, 0.4) is 0 Å². The van der Waals surface area contributed by atoms with Crippen molar-refractivity contribution in [3.63, 3.8) is 0 Å². The largest absolute Gasteiger partial charge is 0.454 e. The third kappa shape index (κ3) is 3.39. The van der Waals surface area contributed by atoms with Gasteiger partial charge in [0.25, 0.3) is 0 Å². The summed E-state index contributed by atoms with van der Waals surface area (Å²) in [6.07, 6.45) is 0. The summed E-state index contributed by atoms with van der Waals surface area (Å²) < 4.78 is 10.5. The Hall–Kier alpha value is 0.640. The maximum Gasteiger partial charge on any atom is 0.156 e. The third-order valence-corrected chi connectivity index (χ3v) is 5.86. The minimum Gasteiger partial charge on any atom is -0.454 e. The average Bonchev–Trinajstić information content (AvgIpc) is 2.34. The molecular formula is C12H5Br5O. The molecule has 0 N–H and O–H groups in total. The van der Waals surface area contributed by atoms with Gasteiger partial charge in [-0.05, 0) is 94.1 Å². The third-order valence-electron chi connectivity index (χ3n) is 2.11. The highest BCUT2D eigenvalue weighted by Crippen LogP contribution is 2.42. The molecule has 0 unspecified atom stereocenters. The average molecular weight is 565 g/mol. The zero-order chi connectivity index (χ0) is 13.3. The van der Waals surface area contributed by atoms with Crippen LogP contribution in [-0.2, 0) is 0 Å². The van der Waals surface area contributed by atoms with Crippen molar-refractivity contribution in [2.24, 2.45) is 0 Å². The Labute approximate surface area is 147 Å². The van der Waals surface area contributed by atoms with Crippen LogP contribution < -0.4 is 4.74 Å². The lowest BCUT2D eigenvalue weighted by Gasteiger charge is -2.12. The summed E-state index contributed by atoms with van der Waals surface area (Å²) in [5.74, 6) is 1.46. The number of rotatable bonds is 2. The van der Waals surface area contributed by atoms with Gasteiger partial charge in [-0.15, -0.1) is 0 Å². The van der Waals surface area contributed by atoms with E-state index in [9.17, 15) is 0 Å². The Balaban J connectivity index is 2.46. The van der Waals surface area contributed by atoms with Gasteiger partial charge in [-0.25, -0.2) is 0 Å². The van der Waals surface area contributed by atoms with E-state index in [2.05, 4.69) is 79.6 Å². The van der Waals surface area contributed by atoms with Gasteiger partial charge in [0.05, 0.1) is 13.4 Å². The Bertz CT molecular complexity index is 597. The molecule has 0 spiro atoms. The second kappa shape index (κ2) is 6.39. The van der Waals surface area contributed by atoms with Gasteiger partial charge in [0, 0.05) is 8.95 Å². The summed E-state index contributed by atoms with van der Waals surface area (Å²) in [7, 11) is 0. The summed E-state index contributed by atoms with van der Waals surface area (Å²) in [4.78, 5) is 0. The minimum atomic E-state index is 0.725. The van der Waals surface area contributed by atoms with Crippen molar-refractivity contribution in [3.8, 4) is 11.5 Å². The van der Waals surface area contributed by atoms with E-state index in [4.69, 9.17) is 4.74 Å². The molecule has 0 atom stereocenters. The van der Waals surface area contributed by atoms with Crippen LogP contribution in [-0.4, -0.2) is 0 Å². The van der Waals surface area contributed by atoms with Crippen LogP contribution in [0, 0.1) is 0 Å². The number of benzene rings is 2. The molecule has 0 aromatic heterocycles. The summed E-state index contributed by atoms with van der Waals surface area (Å²) in [6, 6.07) is 9.65. The van der Waals surface area contributed by atoms with Crippen LogP contribution in [0.4, 0.5) is 0 Å². The van der Waals surface area contributed by atoms with E-state index in [1.807, 2.05) is 30.3 Å². The van der Waals surface area contributed by atoms with Crippen molar-refractivity contribution < 1.29 is 4.74 Å². The Morgan fingerprint density at radius 2 is 1.33 bits per heavy atom. The van der Waals surface area contributed by atoms with Gasteiger partial charge in [-0.2, -0.15) is 0 Å². The molecule has 0 aliphatic carbocycles.